The maximum absolute atomic E-state index is 12.9. The molecular weight excluding hydrogens is 426 g/mol. The van der Waals surface area contributed by atoms with Crippen LogP contribution in [0.4, 0.5) is 11.4 Å². The fraction of sp³-hybridized carbons (Fsp3) is 0.125. The van der Waals surface area contributed by atoms with Crippen molar-refractivity contribution in [3.8, 4) is 10.6 Å². The zero-order valence-electron chi connectivity index (χ0n) is 16.7. The Kier molecular flexibility index (Phi) is 5.00. The molecule has 1 fully saturated rings. The van der Waals surface area contributed by atoms with Gasteiger partial charge in [0.25, 0.3) is 0 Å². The predicted octanol–water partition coefficient (Wildman–Crippen LogP) is 5.28. The van der Waals surface area contributed by atoms with Crippen LogP contribution >= 0.6 is 23.1 Å². The summed E-state index contributed by atoms with van der Waals surface area (Å²) in [5.74, 6) is -0.365. The molecule has 1 aromatic heterocycles. The van der Waals surface area contributed by atoms with E-state index in [-0.39, 0.29) is 18.2 Å². The van der Waals surface area contributed by atoms with E-state index >= 15 is 0 Å². The molecule has 0 unspecified atom stereocenters. The molecule has 31 heavy (non-hydrogen) atoms. The summed E-state index contributed by atoms with van der Waals surface area (Å²) in [5, 5.41) is 0.492. The van der Waals surface area contributed by atoms with Crippen LogP contribution in [0.25, 0.3) is 20.8 Å². The molecule has 1 saturated heterocycles. The highest BCUT2D eigenvalue weighted by molar-refractivity contribution is 8.00. The van der Waals surface area contributed by atoms with Crippen LogP contribution in [-0.4, -0.2) is 22.0 Å². The second kappa shape index (κ2) is 7.83. The second-order valence-electron chi connectivity index (χ2n) is 7.48. The number of fused-ring (bicyclic) bond motifs is 1. The van der Waals surface area contributed by atoms with Crippen molar-refractivity contribution in [1.82, 2.24) is 4.98 Å². The van der Waals surface area contributed by atoms with Crippen LogP contribution < -0.4 is 10.6 Å². The lowest BCUT2D eigenvalue weighted by molar-refractivity contribution is -0.121. The highest BCUT2D eigenvalue weighted by Crippen LogP contribution is 2.36. The fourth-order valence-corrected chi connectivity index (χ4v) is 5.60. The Labute approximate surface area is 187 Å². The largest absolute Gasteiger partial charge is 0.399 e. The standard InChI is InChI=1S/C24H19N3O2S2/c1-14-2-11-20-19(12-14)26-23(31-20)15-3-7-17(8-4-15)27-22(28)13-21(24(27)29)30-18-9-5-16(25)6-10-18/h2-12,21H,13,25H2,1H3/t21-/m0/s1. The van der Waals surface area contributed by atoms with Crippen LogP contribution in [-0.2, 0) is 9.59 Å². The number of aromatic nitrogens is 1. The van der Waals surface area contributed by atoms with Crippen molar-refractivity contribution in [3.63, 3.8) is 0 Å². The first-order valence-electron chi connectivity index (χ1n) is 9.84. The molecule has 7 heteroatoms. The number of imide groups is 1. The summed E-state index contributed by atoms with van der Waals surface area (Å²) >= 11 is 3.03. The number of rotatable bonds is 4. The van der Waals surface area contributed by atoms with Crippen molar-refractivity contribution in [2.75, 3.05) is 10.6 Å². The number of carbonyl (C=O) groups excluding carboxylic acids is 2. The lowest BCUT2D eigenvalue weighted by Gasteiger charge is -2.15. The Morgan fingerprint density at radius 2 is 1.77 bits per heavy atom. The van der Waals surface area contributed by atoms with Crippen LogP contribution in [0.3, 0.4) is 0 Å². The summed E-state index contributed by atoms with van der Waals surface area (Å²) in [6, 6.07) is 21.0. The van der Waals surface area contributed by atoms with Gasteiger partial charge in [-0.25, -0.2) is 9.88 Å². The number of anilines is 2. The number of hydrogen-bond donors (Lipinski definition) is 1. The van der Waals surface area contributed by atoms with Gasteiger partial charge in [-0.3, -0.25) is 9.59 Å². The van der Waals surface area contributed by atoms with Crippen molar-refractivity contribution in [2.24, 2.45) is 0 Å². The number of carbonyl (C=O) groups is 2. The first-order chi connectivity index (χ1) is 15.0. The zero-order chi connectivity index (χ0) is 21.5. The smallest absolute Gasteiger partial charge is 0.247 e. The van der Waals surface area contributed by atoms with E-state index in [1.807, 2.05) is 36.4 Å². The van der Waals surface area contributed by atoms with Crippen molar-refractivity contribution < 1.29 is 9.59 Å². The summed E-state index contributed by atoms with van der Waals surface area (Å²) in [6.45, 7) is 2.05. The topological polar surface area (TPSA) is 76.3 Å². The number of aryl methyl sites for hydroxylation is 1. The lowest BCUT2D eigenvalue weighted by atomic mass is 10.2. The maximum atomic E-state index is 12.9. The Hall–Kier alpha value is -3.16. The molecule has 2 N–H and O–H groups in total. The predicted molar refractivity (Wildman–Crippen MR) is 127 cm³/mol. The van der Waals surface area contributed by atoms with Crippen molar-refractivity contribution >= 4 is 56.5 Å². The van der Waals surface area contributed by atoms with Crippen molar-refractivity contribution in [1.29, 1.82) is 0 Å². The van der Waals surface area contributed by atoms with E-state index in [1.165, 1.54) is 22.2 Å². The van der Waals surface area contributed by atoms with Crippen LogP contribution in [0.2, 0.25) is 0 Å². The first-order valence-corrected chi connectivity index (χ1v) is 11.5. The van der Waals surface area contributed by atoms with E-state index in [9.17, 15) is 9.59 Å². The minimum Gasteiger partial charge on any atom is -0.399 e. The van der Waals surface area contributed by atoms with E-state index in [0.717, 1.165) is 25.7 Å². The molecule has 4 aromatic rings. The molecule has 0 bridgehead atoms. The van der Waals surface area contributed by atoms with Gasteiger partial charge in [-0.2, -0.15) is 0 Å². The van der Waals surface area contributed by atoms with Gasteiger partial charge in [-0.05, 0) is 73.2 Å². The average molecular weight is 446 g/mol. The Balaban J connectivity index is 1.36. The Morgan fingerprint density at radius 3 is 2.52 bits per heavy atom. The van der Waals surface area contributed by atoms with Gasteiger partial charge >= 0.3 is 0 Å². The van der Waals surface area contributed by atoms with Gasteiger partial charge in [0.1, 0.15) is 5.01 Å². The highest BCUT2D eigenvalue weighted by atomic mass is 32.2. The number of nitrogens with zero attached hydrogens (tertiary/aromatic N) is 2. The molecule has 0 spiro atoms. The number of amides is 2. The molecule has 5 nitrogen and oxygen atoms in total. The number of nitrogens with two attached hydrogens (primary N) is 1. The molecule has 0 saturated carbocycles. The van der Waals surface area contributed by atoms with Gasteiger partial charge < -0.3 is 5.73 Å². The van der Waals surface area contributed by atoms with Gasteiger partial charge in [0.2, 0.25) is 11.8 Å². The third kappa shape index (κ3) is 3.82. The summed E-state index contributed by atoms with van der Waals surface area (Å²) in [5.41, 5.74) is 10.1. The number of thioether (sulfide) groups is 1. The van der Waals surface area contributed by atoms with Gasteiger partial charge in [0.05, 0.1) is 21.2 Å². The molecule has 1 atom stereocenters. The zero-order valence-corrected chi connectivity index (χ0v) is 18.4. The Bertz CT molecular complexity index is 1300. The van der Waals surface area contributed by atoms with E-state index in [2.05, 4.69) is 25.1 Å². The minimum absolute atomic E-state index is 0.179. The summed E-state index contributed by atoms with van der Waals surface area (Å²) in [6.07, 6.45) is 0.187. The second-order valence-corrected chi connectivity index (χ2v) is 9.79. The number of benzene rings is 3. The van der Waals surface area contributed by atoms with Crippen LogP contribution in [0, 0.1) is 6.92 Å². The van der Waals surface area contributed by atoms with Gasteiger partial charge in [0.15, 0.2) is 0 Å². The monoisotopic (exact) mass is 445 g/mol. The molecule has 1 aliphatic rings. The molecule has 154 valence electrons. The molecule has 0 radical (unpaired) electrons. The maximum Gasteiger partial charge on any atom is 0.247 e. The van der Waals surface area contributed by atoms with E-state index in [1.54, 1.807) is 23.5 Å². The molecule has 3 aromatic carbocycles. The highest BCUT2D eigenvalue weighted by Gasteiger charge is 2.40. The molecule has 2 amide bonds. The third-order valence-electron chi connectivity index (χ3n) is 5.18. The molecule has 2 heterocycles. The van der Waals surface area contributed by atoms with E-state index in [4.69, 9.17) is 10.7 Å². The molecule has 1 aliphatic heterocycles. The van der Waals surface area contributed by atoms with Crippen molar-refractivity contribution in [2.45, 2.75) is 23.5 Å². The fourth-order valence-electron chi connectivity index (χ4n) is 3.59. The molecule has 0 aliphatic carbocycles. The number of nitrogen functional groups attached to an aromatic ring is 1. The lowest BCUT2D eigenvalue weighted by Crippen LogP contribution is -2.31. The van der Waals surface area contributed by atoms with Gasteiger partial charge in [0, 0.05) is 22.6 Å². The molecular formula is C24H19N3O2S2. The van der Waals surface area contributed by atoms with Crippen LogP contribution in [0.15, 0.2) is 71.6 Å². The summed E-state index contributed by atoms with van der Waals surface area (Å²) in [7, 11) is 0. The third-order valence-corrected chi connectivity index (χ3v) is 7.46. The van der Waals surface area contributed by atoms with Gasteiger partial charge in [-0.15, -0.1) is 23.1 Å². The van der Waals surface area contributed by atoms with E-state index in [0.29, 0.717) is 11.4 Å². The van der Waals surface area contributed by atoms with Crippen LogP contribution in [0.1, 0.15) is 12.0 Å². The number of thiazole rings is 1. The normalized spacial score (nSPS) is 16.4. The average Bonchev–Trinajstić information content (AvgIpc) is 3.30. The van der Waals surface area contributed by atoms with Gasteiger partial charge in [-0.1, -0.05) is 6.07 Å². The minimum atomic E-state index is -0.427. The first kappa shape index (κ1) is 19.8. The SMILES string of the molecule is Cc1ccc2sc(-c3ccc(N4C(=O)C[C@H](Sc5ccc(N)cc5)C4=O)cc3)nc2c1. The quantitative estimate of drug-likeness (QED) is 0.342. The summed E-state index contributed by atoms with van der Waals surface area (Å²) < 4.78 is 1.14. The Morgan fingerprint density at radius 1 is 1.03 bits per heavy atom. The number of hydrogen-bond acceptors (Lipinski definition) is 6. The van der Waals surface area contributed by atoms with Crippen molar-refractivity contribution in [3.05, 3.63) is 72.3 Å². The summed E-state index contributed by atoms with van der Waals surface area (Å²) in [4.78, 5) is 32.5. The van der Waals surface area contributed by atoms with Crippen LogP contribution in [0.5, 0.6) is 0 Å². The molecule has 5 rings (SSSR count). The van der Waals surface area contributed by atoms with E-state index < -0.39 is 5.25 Å².